The number of aryl methyl sites for hydroxylation is 2. The number of methoxy groups -OCH3 is 1. The van der Waals surface area contributed by atoms with Gasteiger partial charge in [0, 0.05) is 35.8 Å². The topological polar surface area (TPSA) is 227 Å². The van der Waals surface area contributed by atoms with E-state index in [0.29, 0.717) is 67.5 Å². The maximum absolute atomic E-state index is 13.3. The molecule has 2 amide bonds. The van der Waals surface area contributed by atoms with Crippen LogP contribution in [0.25, 0.3) is 0 Å². The van der Waals surface area contributed by atoms with E-state index in [1.807, 2.05) is 54.6 Å². The molecular formula is C49H59Cl2F3N4O12. The lowest BCUT2D eigenvalue weighted by molar-refractivity contribution is -0.206. The number of carboxylic acid groups (broad SMARTS) is 2. The summed E-state index contributed by atoms with van der Waals surface area (Å²) in [7, 11) is 1.51. The van der Waals surface area contributed by atoms with E-state index in [1.54, 1.807) is 43.3 Å². The van der Waals surface area contributed by atoms with Gasteiger partial charge in [0.15, 0.2) is 6.10 Å². The minimum absolute atomic E-state index is 0. The molecule has 1 saturated heterocycles. The SMILES string of the molecule is CCOC(=O)[C@H](CCc1ccccc1)N[C@H]1CCc2ccccc2N(CC(=O)O)C1=O.COC[C@H]1CN(c2ccc(OCC[C@@H](O)C(F)(F)F)cc2)C(=O)O1.Cl.NCC(CC(=O)O)c1ccc(Cl)cc1. The van der Waals surface area contributed by atoms with Gasteiger partial charge in [-0.05, 0) is 98.3 Å². The van der Waals surface area contributed by atoms with Crippen LogP contribution >= 0.6 is 24.0 Å². The summed E-state index contributed by atoms with van der Waals surface area (Å²) in [6.45, 7) is 2.26. The smallest absolute Gasteiger partial charge is 0.414 e. The highest BCUT2D eigenvalue weighted by atomic mass is 35.5. The Morgan fingerprint density at radius 2 is 1.59 bits per heavy atom. The number of carbonyl (C=O) groups excluding carboxylic acids is 3. The van der Waals surface area contributed by atoms with Crippen LogP contribution in [0.5, 0.6) is 5.75 Å². The number of nitrogens with one attached hydrogen (secondary N) is 1. The first-order valence-corrected chi connectivity index (χ1v) is 22.5. The monoisotopic (exact) mass is 1020 g/mol. The highest BCUT2D eigenvalue weighted by molar-refractivity contribution is 6.30. The zero-order valence-corrected chi connectivity index (χ0v) is 40.2. The van der Waals surface area contributed by atoms with Crippen molar-refractivity contribution in [2.45, 2.75) is 81.8 Å². The number of fused-ring (bicyclic) bond motifs is 1. The van der Waals surface area contributed by atoms with E-state index >= 15 is 0 Å². The average molecular weight is 1020 g/mol. The molecule has 21 heteroatoms. The summed E-state index contributed by atoms with van der Waals surface area (Å²) in [6.07, 6.45) is -6.20. The summed E-state index contributed by atoms with van der Waals surface area (Å²) in [5, 5.41) is 30.7. The number of carboxylic acids is 2. The fraction of sp³-hybridized carbons (Fsp3) is 0.408. The number of carbonyl (C=O) groups is 5. The second-order valence-corrected chi connectivity index (χ2v) is 16.3. The molecule has 6 rings (SSSR count). The fourth-order valence-electron chi connectivity index (χ4n) is 7.34. The van der Waals surface area contributed by atoms with Crippen LogP contribution in [0.1, 0.15) is 55.2 Å². The van der Waals surface area contributed by atoms with Gasteiger partial charge in [0.25, 0.3) is 0 Å². The van der Waals surface area contributed by atoms with Crippen LogP contribution in [0.4, 0.5) is 29.3 Å². The van der Waals surface area contributed by atoms with Crippen molar-refractivity contribution >= 4 is 65.3 Å². The Bertz CT molecular complexity index is 2260. The van der Waals surface area contributed by atoms with Crippen molar-refractivity contribution in [1.82, 2.24) is 5.32 Å². The molecule has 16 nitrogen and oxygen atoms in total. The lowest BCUT2D eigenvalue weighted by Crippen LogP contribution is -2.53. The van der Waals surface area contributed by atoms with E-state index in [-0.39, 0.29) is 50.0 Å². The van der Waals surface area contributed by atoms with Crippen molar-refractivity contribution in [3.05, 3.63) is 125 Å². The predicted octanol–water partition coefficient (Wildman–Crippen LogP) is 7.20. The lowest BCUT2D eigenvalue weighted by atomic mass is 9.96. The van der Waals surface area contributed by atoms with E-state index in [2.05, 4.69) is 5.32 Å². The van der Waals surface area contributed by atoms with Crippen molar-refractivity contribution in [3.8, 4) is 5.75 Å². The van der Waals surface area contributed by atoms with Crippen LogP contribution in [0.2, 0.25) is 5.02 Å². The molecule has 4 aromatic rings. The minimum Gasteiger partial charge on any atom is -0.493 e. The van der Waals surface area contributed by atoms with Gasteiger partial charge in [0.1, 0.15) is 24.4 Å². The molecule has 0 radical (unpaired) electrons. The third kappa shape index (κ3) is 18.7. The Morgan fingerprint density at radius 1 is 0.929 bits per heavy atom. The largest absolute Gasteiger partial charge is 0.493 e. The van der Waals surface area contributed by atoms with Gasteiger partial charge in [-0.1, -0.05) is 72.3 Å². The van der Waals surface area contributed by atoms with Gasteiger partial charge in [0.2, 0.25) is 5.91 Å². The number of para-hydroxylation sites is 1. The predicted molar refractivity (Wildman–Crippen MR) is 258 cm³/mol. The molecule has 4 aromatic carbocycles. The number of ether oxygens (including phenoxy) is 4. The van der Waals surface area contributed by atoms with E-state index in [9.17, 15) is 42.3 Å². The van der Waals surface area contributed by atoms with Gasteiger partial charge in [-0.3, -0.25) is 34.3 Å². The molecular weight excluding hydrogens is 964 g/mol. The van der Waals surface area contributed by atoms with Gasteiger partial charge in [-0.25, -0.2) is 4.79 Å². The first kappa shape index (κ1) is 58.4. The van der Waals surface area contributed by atoms with Gasteiger partial charge in [0.05, 0.1) is 38.8 Å². The average Bonchev–Trinajstić information content (AvgIpc) is 3.64. The first-order chi connectivity index (χ1) is 32.9. The van der Waals surface area contributed by atoms with Gasteiger partial charge >= 0.3 is 30.2 Å². The molecule has 2 heterocycles. The number of esters is 1. The molecule has 382 valence electrons. The van der Waals surface area contributed by atoms with Crippen LogP contribution < -0.4 is 25.6 Å². The van der Waals surface area contributed by atoms with Crippen molar-refractivity contribution in [3.63, 3.8) is 0 Å². The summed E-state index contributed by atoms with van der Waals surface area (Å²) in [5.41, 5.74) is 9.61. The van der Waals surface area contributed by atoms with Crippen LogP contribution in [-0.2, 0) is 46.2 Å². The molecule has 70 heavy (non-hydrogen) atoms. The Balaban J connectivity index is 0.000000295. The number of hydrogen-bond donors (Lipinski definition) is 5. The number of rotatable bonds is 20. The number of alkyl halides is 3. The summed E-state index contributed by atoms with van der Waals surface area (Å²) < 4.78 is 56.9. The Morgan fingerprint density at radius 3 is 2.19 bits per heavy atom. The van der Waals surface area contributed by atoms with E-state index in [1.165, 1.54) is 29.0 Å². The van der Waals surface area contributed by atoms with Crippen LogP contribution in [0.15, 0.2) is 103 Å². The van der Waals surface area contributed by atoms with Crippen molar-refractivity contribution < 1.29 is 71.4 Å². The summed E-state index contributed by atoms with van der Waals surface area (Å²) in [6, 6.07) is 29.1. The quantitative estimate of drug-likeness (QED) is 0.0552. The normalized spacial score (nSPS) is 16.6. The van der Waals surface area contributed by atoms with E-state index in [0.717, 1.165) is 16.7 Å². The molecule has 0 saturated carbocycles. The minimum atomic E-state index is -4.65. The number of benzene rings is 4. The number of amides is 2. The maximum atomic E-state index is 13.3. The molecule has 2 aliphatic heterocycles. The second-order valence-electron chi connectivity index (χ2n) is 15.9. The third-order valence-electron chi connectivity index (χ3n) is 10.8. The highest BCUT2D eigenvalue weighted by Crippen LogP contribution is 2.29. The van der Waals surface area contributed by atoms with Gasteiger partial charge in [-0.15, -0.1) is 12.4 Å². The van der Waals surface area contributed by atoms with Gasteiger partial charge < -0.3 is 40.0 Å². The number of anilines is 2. The zero-order chi connectivity index (χ0) is 50.5. The number of aliphatic hydroxyl groups is 1. The van der Waals surface area contributed by atoms with Gasteiger partial charge in [-0.2, -0.15) is 13.2 Å². The second kappa shape index (κ2) is 29.3. The van der Waals surface area contributed by atoms with Crippen LogP contribution in [0.3, 0.4) is 0 Å². The molecule has 0 bridgehead atoms. The molecule has 6 N–H and O–H groups in total. The number of aliphatic hydroxyl groups excluding tert-OH is 1. The van der Waals surface area contributed by atoms with Crippen molar-refractivity contribution in [1.29, 1.82) is 0 Å². The molecule has 5 atom stereocenters. The van der Waals surface area contributed by atoms with Crippen molar-refractivity contribution in [2.24, 2.45) is 5.73 Å². The Labute approximate surface area is 415 Å². The van der Waals surface area contributed by atoms with E-state index < -0.39 is 61.3 Å². The number of halogens is 5. The summed E-state index contributed by atoms with van der Waals surface area (Å²) in [4.78, 5) is 62.3. The van der Waals surface area contributed by atoms with Crippen LogP contribution in [-0.4, -0.2) is 122 Å². The molecule has 0 aliphatic carbocycles. The number of hydrogen-bond acceptors (Lipinski definition) is 12. The van der Waals surface area contributed by atoms with Crippen molar-refractivity contribution in [2.75, 3.05) is 56.4 Å². The number of nitrogens with zero attached hydrogens (tertiary/aromatic N) is 2. The number of aliphatic carboxylic acids is 2. The maximum Gasteiger partial charge on any atom is 0.414 e. The Hall–Kier alpha value is -5.96. The molecule has 2 aliphatic rings. The number of cyclic esters (lactones) is 1. The lowest BCUT2D eigenvalue weighted by Gasteiger charge is -2.27. The third-order valence-corrected chi connectivity index (χ3v) is 11.1. The zero-order valence-electron chi connectivity index (χ0n) is 38.6. The number of nitrogens with two attached hydrogens (primary N) is 1. The highest BCUT2D eigenvalue weighted by Gasteiger charge is 2.38. The molecule has 1 fully saturated rings. The Kier molecular flexibility index (Phi) is 24.4. The van der Waals surface area contributed by atoms with Crippen LogP contribution in [0, 0.1) is 0 Å². The summed E-state index contributed by atoms with van der Waals surface area (Å²) >= 11 is 5.72. The first-order valence-electron chi connectivity index (χ1n) is 22.1. The fourth-order valence-corrected chi connectivity index (χ4v) is 7.47. The summed E-state index contributed by atoms with van der Waals surface area (Å²) in [5.74, 6) is -2.47. The standard InChI is InChI=1S/C24H28N2O5.C15H18F3NO5.C10H12ClNO2.ClH/c1-2-31-24(30)20(14-12-17-8-4-3-5-9-17)25-19-15-13-18-10-6-7-11-21(18)26(23(19)29)16-22(27)28;1-22-9-12-8-19(14(21)24-12)10-2-4-11(5-3-10)23-7-6-13(20)15(16,17)18;11-9-3-1-7(2-4-9)8(6-12)5-10(13)14;/h3-11,19-20,25H,2,12-16H2,1H3,(H,27,28);2-5,12-13,20H,6-9H2,1H3;1-4,8H,5-6,12H2,(H,13,14);1H/t19-,20-;12-,13-;;/m01../s1. The molecule has 0 spiro atoms. The molecule has 0 aromatic heterocycles. The van der Waals surface area contributed by atoms with E-state index in [4.69, 9.17) is 46.5 Å². The molecule has 1 unspecified atom stereocenters.